The van der Waals surface area contributed by atoms with Gasteiger partial charge in [-0.2, -0.15) is 0 Å². The summed E-state index contributed by atoms with van der Waals surface area (Å²) in [5.41, 5.74) is -0.927. The Bertz CT molecular complexity index is 658. The van der Waals surface area contributed by atoms with Gasteiger partial charge in [0.25, 0.3) is 0 Å². The van der Waals surface area contributed by atoms with Crippen LogP contribution in [-0.4, -0.2) is 76.9 Å². The highest BCUT2D eigenvalue weighted by molar-refractivity contribution is 5.91. The maximum Gasteiger partial charge on any atom is 0.317 e. The number of nitrogens with zero attached hydrogens (tertiary/aromatic N) is 3. The topological polar surface area (TPSA) is 111 Å². The fourth-order valence-electron chi connectivity index (χ4n) is 3.65. The molecular weight excluding hydrogens is 350 g/mol. The molecule has 2 aliphatic heterocycles. The number of carbonyl (C=O) groups excluding carboxylic acids is 2. The molecule has 1 atom stereocenters. The molecule has 9 nitrogen and oxygen atoms in total. The minimum atomic E-state index is -0.927. The smallest absolute Gasteiger partial charge is 0.317 e. The zero-order valence-corrected chi connectivity index (χ0v) is 15.9. The number of anilines is 1. The van der Waals surface area contributed by atoms with Gasteiger partial charge in [0.2, 0.25) is 5.91 Å². The van der Waals surface area contributed by atoms with E-state index in [1.807, 2.05) is 4.90 Å². The molecule has 1 aromatic rings. The summed E-state index contributed by atoms with van der Waals surface area (Å²) in [4.78, 5) is 28.1. The molecule has 9 heteroatoms. The standard InChI is InChI=1S/C18H29N5O4/c1-14-11-15(21-27-14)20-16(24)12-22-7-4-5-18(26,6-10-22)13-19-17(25)23-8-2-3-9-23/h11,26H,2-10,12-13H2,1H3,(H,19,25)(H,20,21,24). The molecule has 0 bridgehead atoms. The van der Waals surface area contributed by atoms with Crippen LogP contribution in [0.3, 0.4) is 0 Å². The van der Waals surface area contributed by atoms with Crippen LogP contribution >= 0.6 is 0 Å². The van der Waals surface area contributed by atoms with Crippen molar-refractivity contribution in [3.63, 3.8) is 0 Å². The lowest BCUT2D eigenvalue weighted by Crippen LogP contribution is -2.47. The maximum absolute atomic E-state index is 12.2. The molecular formula is C18H29N5O4. The van der Waals surface area contributed by atoms with Gasteiger partial charge in [-0.05, 0) is 45.6 Å². The number of amides is 3. The number of urea groups is 1. The lowest BCUT2D eigenvalue weighted by Gasteiger charge is -2.28. The highest BCUT2D eigenvalue weighted by atomic mass is 16.5. The summed E-state index contributed by atoms with van der Waals surface area (Å²) in [5, 5.41) is 20.2. The lowest BCUT2D eigenvalue weighted by atomic mass is 9.95. The van der Waals surface area contributed by atoms with Crippen molar-refractivity contribution >= 4 is 17.8 Å². The minimum Gasteiger partial charge on any atom is -0.388 e. The summed E-state index contributed by atoms with van der Waals surface area (Å²) in [6.45, 7) is 5.16. The Morgan fingerprint density at radius 1 is 1.22 bits per heavy atom. The number of aromatic nitrogens is 1. The van der Waals surface area contributed by atoms with Gasteiger partial charge in [-0.25, -0.2) is 4.79 Å². The predicted octanol–water partition coefficient (Wildman–Crippen LogP) is 0.944. The van der Waals surface area contributed by atoms with Crippen molar-refractivity contribution in [2.75, 3.05) is 44.6 Å². The van der Waals surface area contributed by atoms with Crippen molar-refractivity contribution in [3.05, 3.63) is 11.8 Å². The van der Waals surface area contributed by atoms with Gasteiger partial charge in [0, 0.05) is 32.2 Å². The Hall–Kier alpha value is -2.13. The highest BCUT2D eigenvalue weighted by Gasteiger charge is 2.32. The van der Waals surface area contributed by atoms with E-state index < -0.39 is 5.60 Å². The van der Waals surface area contributed by atoms with Crippen LogP contribution in [-0.2, 0) is 4.79 Å². The van der Waals surface area contributed by atoms with Crippen LogP contribution in [0.1, 0.15) is 37.9 Å². The van der Waals surface area contributed by atoms with Gasteiger partial charge >= 0.3 is 6.03 Å². The van der Waals surface area contributed by atoms with Crippen LogP contribution in [0, 0.1) is 6.92 Å². The maximum atomic E-state index is 12.2. The third kappa shape index (κ3) is 5.67. The van der Waals surface area contributed by atoms with Crippen molar-refractivity contribution in [3.8, 4) is 0 Å². The van der Waals surface area contributed by atoms with Gasteiger partial charge in [-0.1, -0.05) is 5.16 Å². The van der Waals surface area contributed by atoms with Crippen LogP contribution < -0.4 is 10.6 Å². The summed E-state index contributed by atoms with van der Waals surface area (Å²) in [7, 11) is 0. The highest BCUT2D eigenvalue weighted by Crippen LogP contribution is 2.22. The number of aliphatic hydroxyl groups is 1. The monoisotopic (exact) mass is 379 g/mol. The first-order chi connectivity index (χ1) is 12.9. The quantitative estimate of drug-likeness (QED) is 0.702. The molecule has 3 rings (SSSR count). The fourth-order valence-corrected chi connectivity index (χ4v) is 3.65. The molecule has 3 N–H and O–H groups in total. The van der Waals surface area contributed by atoms with Crippen LogP contribution in [0.4, 0.5) is 10.6 Å². The molecule has 150 valence electrons. The van der Waals surface area contributed by atoms with E-state index in [1.54, 1.807) is 17.9 Å². The van der Waals surface area contributed by atoms with Gasteiger partial charge < -0.3 is 25.2 Å². The second-order valence-corrected chi connectivity index (χ2v) is 7.58. The summed E-state index contributed by atoms with van der Waals surface area (Å²) in [6.07, 6.45) is 3.98. The van der Waals surface area contributed by atoms with Gasteiger partial charge in [-0.3, -0.25) is 9.69 Å². The van der Waals surface area contributed by atoms with Gasteiger partial charge in [0.1, 0.15) is 5.76 Å². The molecule has 0 aromatic carbocycles. The molecule has 27 heavy (non-hydrogen) atoms. The zero-order chi connectivity index (χ0) is 19.3. The number of nitrogens with one attached hydrogen (secondary N) is 2. The number of likely N-dealkylation sites (tertiary alicyclic amines) is 2. The third-order valence-electron chi connectivity index (χ3n) is 5.23. The summed E-state index contributed by atoms with van der Waals surface area (Å²) in [6, 6.07) is 1.58. The van der Waals surface area contributed by atoms with Gasteiger partial charge in [-0.15, -0.1) is 0 Å². The van der Waals surface area contributed by atoms with E-state index in [4.69, 9.17) is 4.52 Å². The van der Waals surface area contributed by atoms with Crippen molar-refractivity contribution in [2.24, 2.45) is 0 Å². The van der Waals surface area contributed by atoms with Crippen molar-refractivity contribution in [1.82, 2.24) is 20.3 Å². The molecule has 1 unspecified atom stereocenters. The van der Waals surface area contributed by atoms with Crippen LogP contribution in [0.25, 0.3) is 0 Å². The van der Waals surface area contributed by atoms with Crippen LogP contribution in [0.5, 0.6) is 0 Å². The predicted molar refractivity (Wildman–Crippen MR) is 99.3 cm³/mol. The second kappa shape index (κ2) is 8.71. The van der Waals surface area contributed by atoms with E-state index in [1.165, 1.54) is 0 Å². The second-order valence-electron chi connectivity index (χ2n) is 7.58. The number of rotatable bonds is 5. The Balaban J connectivity index is 1.43. The largest absolute Gasteiger partial charge is 0.388 e. The molecule has 0 radical (unpaired) electrons. The normalized spacial score (nSPS) is 23.9. The Labute approximate surface area is 159 Å². The van der Waals surface area contributed by atoms with Crippen LogP contribution in [0.15, 0.2) is 10.6 Å². The molecule has 2 saturated heterocycles. The Morgan fingerprint density at radius 2 is 2.00 bits per heavy atom. The SMILES string of the molecule is Cc1cc(NC(=O)CN2CCCC(O)(CNC(=O)N3CCCC3)CC2)no1. The molecule has 3 heterocycles. The van der Waals surface area contributed by atoms with E-state index in [0.29, 0.717) is 31.0 Å². The molecule has 2 fully saturated rings. The van der Waals surface area contributed by atoms with Crippen molar-refractivity contribution < 1.29 is 19.2 Å². The Morgan fingerprint density at radius 3 is 2.70 bits per heavy atom. The van der Waals surface area contributed by atoms with E-state index >= 15 is 0 Å². The molecule has 0 aliphatic carbocycles. The zero-order valence-electron chi connectivity index (χ0n) is 15.9. The average Bonchev–Trinajstić information content (AvgIpc) is 3.26. The summed E-state index contributed by atoms with van der Waals surface area (Å²) >= 11 is 0. The first kappa shape index (κ1) is 19.6. The van der Waals surface area contributed by atoms with E-state index in [2.05, 4.69) is 15.8 Å². The van der Waals surface area contributed by atoms with Crippen LogP contribution in [0.2, 0.25) is 0 Å². The van der Waals surface area contributed by atoms with E-state index in [-0.39, 0.29) is 25.0 Å². The number of carbonyl (C=O) groups is 2. The fraction of sp³-hybridized carbons (Fsp3) is 0.722. The van der Waals surface area contributed by atoms with E-state index in [9.17, 15) is 14.7 Å². The van der Waals surface area contributed by atoms with Crippen molar-refractivity contribution in [1.29, 1.82) is 0 Å². The Kier molecular flexibility index (Phi) is 6.33. The third-order valence-corrected chi connectivity index (χ3v) is 5.23. The summed E-state index contributed by atoms with van der Waals surface area (Å²) < 4.78 is 4.94. The van der Waals surface area contributed by atoms with E-state index in [0.717, 1.165) is 38.9 Å². The number of hydrogen-bond acceptors (Lipinski definition) is 6. The molecule has 0 saturated carbocycles. The first-order valence-electron chi connectivity index (χ1n) is 9.64. The lowest BCUT2D eigenvalue weighted by molar-refractivity contribution is -0.117. The number of aryl methyl sites for hydroxylation is 1. The minimum absolute atomic E-state index is 0.0932. The molecule has 2 aliphatic rings. The van der Waals surface area contributed by atoms with Gasteiger partial charge in [0.05, 0.1) is 12.1 Å². The molecule has 1 aromatic heterocycles. The summed E-state index contributed by atoms with van der Waals surface area (Å²) in [5.74, 6) is 0.894. The number of hydrogen-bond donors (Lipinski definition) is 3. The first-order valence-corrected chi connectivity index (χ1v) is 9.64. The molecule has 3 amide bonds. The average molecular weight is 379 g/mol. The van der Waals surface area contributed by atoms with Gasteiger partial charge in [0.15, 0.2) is 5.82 Å². The molecule has 0 spiro atoms. The van der Waals surface area contributed by atoms with Crippen molar-refractivity contribution in [2.45, 2.75) is 44.6 Å².